The number of hydrogen-bond acceptors (Lipinski definition) is 3. The van der Waals surface area contributed by atoms with Gasteiger partial charge in [-0.15, -0.1) is 0 Å². The summed E-state index contributed by atoms with van der Waals surface area (Å²) in [5.41, 5.74) is 0. The highest BCUT2D eigenvalue weighted by Gasteiger charge is 2.26. The van der Waals surface area contributed by atoms with Crippen molar-refractivity contribution in [3.8, 4) is 0 Å². The van der Waals surface area contributed by atoms with E-state index in [1.165, 1.54) is 7.11 Å². The molecule has 0 aromatic heterocycles. The van der Waals surface area contributed by atoms with Crippen molar-refractivity contribution in [2.24, 2.45) is 5.92 Å². The van der Waals surface area contributed by atoms with Gasteiger partial charge in [-0.25, -0.2) is 4.84 Å². The molecule has 0 spiro atoms. The number of halogens is 1. The summed E-state index contributed by atoms with van der Waals surface area (Å²) in [7, 11) is 1.44. The molecular weight excluding hydrogens is 178 g/mol. The number of carbonyl (C=O) groups is 1. The van der Waals surface area contributed by atoms with Gasteiger partial charge >= 0.3 is 5.97 Å². The fourth-order valence-corrected chi connectivity index (χ4v) is 1.82. The molecule has 0 aromatic rings. The fourth-order valence-electron chi connectivity index (χ4n) is 1.60. The van der Waals surface area contributed by atoms with Crippen LogP contribution >= 0.6 is 11.8 Å². The second-order valence-electron chi connectivity index (χ2n) is 3.18. The van der Waals surface area contributed by atoms with Gasteiger partial charge in [0.2, 0.25) is 0 Å². The first-order chi connectivity index (χ1) is 5.77. The molecule has 4 heteroatoms. The van der Waals surface area contributed by atoms with Crippen LogP contribution in [-0.4, -0.2) is 19.1 Å². The lowest BCUT2D eigenvalue weighted by Crippen LogP contribution is -2.30. The number of rotatable bonds is 2. The van der Waals surface area contributed by atoms with Crippen molar-refractivity contribution >= 4 is 17.7 Å². The minimum absolute atomic E-state index is 0.0805. The zero-order chi connectivity index (χ0) is 8.97. The number of methoxy groups -OCH3 is 1. The predicted molar refractivity (Wildman–Crippen MR) is 46.8 cm³/mol. The lowest BCUT2D eigenvalue weighted by molar-refractivity contribution is -0.146. The number of carbonyl (C=O) groups excluding carboxylic acids is 1. The Kier molecular flexibility index (Phi) is 3.82. The maximum absolute atomic E-state index is 11.1. The van der Waals surface area contributed by atoms with Crippen molar-refractivity contribution < 1.29 is 9.53 Å². The van der Waals surface area contributed by atoms with E-state index in [1.54, 1.807) is 0 Å². The Bertz CT molecular complexity index is 155. The van der Waals surface area contributed by atoms with E-state index in [9.17, 15) is 4.79 Å². The highest BCUT2D eigenvalue weighted by Crippen LogP contribution is 2.25. The van der Waals surface area contributed by atoms with Crippen molar-refractivity contribution in [1.82, 2.24) is 4.84 Å². The first-order valence-electron chi connectivity index (χ1n) is 4.22. The number of nitrogens with one attached hydrogen (secondary N) is 1. The number of hydrogen-bond donors (Lipinski definition) is 1. The van der Waals surface area contributed by atoms with Gasteiger partial charge in [0.15, 0.2) is 0 Å². The average Bonchev–Trinajstić information content (AvgIpc) is 2.17. The molecule has 0 atom stereocenters. The van der Waals surface area contributed by atoms with Gasteiger partial charge in [0.1, 0.15) is 0 Å². The van der Waals surface area contributed by atoms with E-state index in [1.807, 2.05) is 0 Å². The summed E-state index contributed by atoms with van der Waals surface area (Å²) in [6.45, 7) is 0. The van der Waals surface area contributed by atoms with Crippen LogP contribution in [0.5, 0.6) is 0 Å². The van der Waals surface area contributed by atoms with Crippen molar-refractivity contribution in [3.63, 3.8) is 0 Å². The summed E-state index contributed by atoms with van der Waals surface area (Å²) in [6, 6.07) is 0.368. The topological polar surface area (TPSA) is 38.3 Å². The average molecular weight is 192 g/mol. The lowest BCUT2D eigenvalue weighted by atomic mass is 9.86. The maximum Gasteiger partial charge on any atom is 0.308 e. The van der Waals surface area contributed by atoms with E-state index >= 15 is 0 Å². The van der Waals surface area contributed by atoms with Crippen molar-refractivity contribution in [1.29, 1.82) is 0 Å². The Hall–Kier alpha value is -0.280. The lowest BCUT2D eigenvalue weighted by Gasteiger charge is -2.25. The Morgan fingerprint density at radius 1 is 1.42 bits per heavy atom. The van der Waals surface area contributed by atoms with Crippen LogP contribution in [0.2, 0.25) is 0 Å². The minimum atomic E-state index is -0.0805. The van der Waals surface area contributed by atoms with E-state index in [0.29, 0.717) is 6.04 Å². The van der Waals surface area contributed by atoms with Crippen molar-refractivity contribution in [3.05, 3.63) is 0 Å². The van der Waals surface area contributed by atoms with E-state index < -0.39 is 0 Å². The van der Waals surface area contributed by atoms with Crippen molar-refractivity contribution in [2.45, 2.75) is 31.7 Å². The van der Waals surface area contributed by atoms with E-state index in [0.717, 1.165) is 25.7 Å². The normalized spacial score (nSPS) is 29.8. The van der Waals surface area contributed by atoms with Crippen LogP contribution in [0.3, 0.4) is 0 Å². The maximum atomic E-state index is 11.1. The molecule has 0 heterocycles. The van der Waals surface area contributed by atoms with E-state index in [-0.39, 0.29) is 11.9 Å². The van der Waals surface area contributed by atoms with Gasteiger partial charge in [-0.3, -0.25) is 4.79 Å². The monoisotopic (exact) mass is 191 g/mol. The molecule has 1 aliphatic rings. The van der Waals surface area contributed by atoms with Crippen LogP contribution in [0.25, 0.3) is 0 Å². The molecule has 0 radical (unpaired) electrons. The molecule has 0 saturated heterocycles. The van der Waals surface area contributed by atoms with Gasteiger partial charge in [0, 0.05) is 6.04 Å². The molecule has 70 valence electrons. The Morgan fingerprint density at radius 3 is 2.42 bits per heavy atom. The zero-order valence-corrected chi connectivity index (χ0v) is 7.93. The first-order valence-corrected chi connectivity index (χ1v) is 4.59. The number of esters is 1. The second-order valence-corrected chi connectivity index (χ2v) is 3.40. The van der Waals surface area contributed by atoms with Gasteiger partial charge in [-0.1, -0.05) is 0 Å². The summed E-state index contributed by atoms with van der Waals surface area (Å²) in [5, 5.41) is 0. The van der Waals surface area contributed by atoms with Crippen molar-refractivity contribution in [2.75, 3.05) is 7.11 Å². The van der Waals surface area contributed by atoms with Crippen LogP contribution in [0.4, 0.5) is 0 Å². The minimum Gasteiger partial charge on any atom is -0.469 e. The Labute approximate surface area is 77.5 Å². The summed E-state index contributed by atoms with van der Waals surface area (Å²) >= 11 is 5.48. The van der Waals surface area contributed by atoms with E-state index in [2.05, 4.69) is 9.57 Å². The van der Waals surface area contributed by atoms with Crippen LogP contribution < -0.4 is 4.84 Å². The molecule has 1 N–H and O–H groups in total. The first kappa shape index (κ1) is 9.81. The Morgan fingerprint density at radius 2 is 2.00 bits per heavy atom. The predicted octanol–water partition coefficient (Wildman–Crippen LogP) is 1.46. The Balaban J connectivity index is 2.30. The molecule has 0 amide bonds. The smallest absolute Gasteiger partial charge is 0.308 e. The molecule has 0 unspecified atom stereocenters. The summed E-state index contributed by atoms with van der Waals surface area (Å²) < 4.78 is 4.67. The van der Waals surface area contributed by atoms with Gasteiger partial charge in [-0.05, 0) is 37.5 Å². The molecular formula is C8H14ClNO2. The molecule has 1 saturated carbocycles. The highest BCUT2D eigenvalue weighted by molar-refractivity contribution is 6.13. The van der Waals surface area contributed by atoms with Gasteiger partial charge < -0.3 is 4.74 Å². The molecule has 1 fully saturated rings. The third-order valence-electron chi connectivity index (χ3n) is 2.42. The second kappa shape index (κ2) is 4.67. The third kappa shape index (κ3) is 2.35. The number of ether oxygens (including phenoxy) is 1. The van der Waals surface area contributed by atoms with Crippen LogP contribution in [0.15, 0.2) is 0 Å². The SMILES string of the molecule is COC(=O)[C@H]1CC[C@@H](NCl)CC1. The molecule has 0 bridgehead atoms. The summed E-state index contributed by atoms with van der Waals surface area (Å²) in [6.07, 6.45) is 3.70. The quantitative estimate of drug-likeness (QED) is 0.531. The van der Waals surface area contributed by atoms with Crippen LogP contribution in [-0.2, 0) is 9.53 Å². The molecule has 3 nitrogen and oxygen atoms in total. The molecule has 1 rings (SSSR count). The molecule has 1 aliphatic carbocycles. The molecule has 12 heavy (non-hydrogen) atoms. The fraction of sp³-hybridized carbons (Fsp3) is 0.875. The summed E-state index contributed by atoms with van der Waals surface area (Å²) in [5.74, 6) is 0.0132. The highest BCUT2D eigenvalue weighted by atomic mass is 35.5. The summed E-state index contributed by atoms with van der Waals surface area (Å²) in [4.78, 5) is 13.8. The largest absolute Gasteiger partial charge is 0.469 e. The molecule has 0 aromatic carbocycles. The standard InChI is InChI=1S/C8H14ClNO2/c1-12-8(11)6-2-4-7(10-9)5-3-6/h6-7,10H,2-5H2,1H3/t6-,7+. The van der Waals surface area contributed by atoms with Crippen LogP contribution in [0.1, 0.15) is 25.7 Å². The van der Waals surface area contributed by atoms with Gasteiger partial charge in [-0.2, -0.15) is 0 Å². The van der Waals surface area contributed by atoms with Crippen LogP contribution in [0, 0.1) is 5.92 Å². The molecule has 0 aliphatic heterocycles. The van der Waals surface area contributed by atoms with Gasteiger partial charge in [0.25, 0.3) is 0 Å². The van der Waals surface area contributed by atoms with E-state index in [4.69, 9.17) is 11.8 Å². The van der Waals surface area contributed by atoms with Gasteiger partial charge in [0.05, 0.1) is 13.0 Å². The zero-order valence-electron chi connectivity index (χ0n) is 7.18. The third-order valence-corrected chi connectivity index (χ3v) is 2.72.